The van der Waals surface area contributed by atoms with E-state index in [0.29, 0.717) is 31.1 Å². The van der Waals surface area contributed by atoms with Gasteiger partial charge in [-0.25, -0.2) is 17.9 Å². The van der Waals surface area contributed by atoms with Crippen molar-refractivity contribution in [3.8, 4) is 0 Å². The maximum absolute atomic E-state index is 13.1. The molecule has 5 rings (SSSR count). The first-order valence-corrected chi connectivity index (χ1v) is 12.0. The lowest BCUT2D eigenvalue weighted by Gasteiger charge is -2.21. The van der Waals surface area contributed by atoms with Crippen LogP contribution in [0.2, 0.25) is 0 Å². The highest BCUT2D eigenvalue weighted by Crippen LogP contribution is 2.34. The van der Waals surface area contributed by atoms with Crippen molar-refractivity contribution >= 4 is 15.5 Å². The van der Waals surface area contributed by atoms with Gasteiger partial charge in [0.2, 0.25) is 10.0 Å². The van der Waals surface area contributed by atoms with Gasteiger partial charge in [-0.05, 0) is 30.9 Å². The van der Waals surface area contributed by atoms with E-state index in [-0.39, 0.29) is 34.8 Å². The molecule has 31 heavy (non-hydrogen) atoms. The minimum absolute atomic E-state index is 0.00846. The summed E-state index contributed by atoms with van der Waals surface area (Å²) in [6, 6.07) is 8.43. The van der Waals surface area contributed by atoms with Gasteiger partial charge in [0, 0.05) is 38.1 Å². The number of sulfonamides is 1. The predicted molar refractivity (Wildman–Crippen MR) is 114 cm³/mol. The van der Waals surface area contributed by atoms with E-state index in [0.717, 1.165) is 18.7 Å². The van der Waals surface area contributed by atoms with E-state index < -0.39 is 10.0 Å². The quantitative estimate of drug-likeness (QED) is 0.658. The van der Waals surface area contributed by atoms with Crippen LogP contribution in [0.5, 0.6) is 0 Å². The number of aromatic amines is 1. The molecule has 9 nitrogen and oxygen atoms in total. The van der Waals surface area contributed by atoms with Gasteiger partial charge in [-0.15, -0.1) is 0 Å². The number of fused-ring (bicyclic) bond motifs is 1. The minimum Gasteiger partial charge on any atom is -0.381 e. The first-order valence-electron chi connectivity index (χ1n) is 10.6. The van der Waals surface area contributed by atoms with Crippen molar-refractivity contribution in [1.82, 2.24) is 23.9 Å². The normalized spacial score (nSPS) is 23.5. The average molecular weight is 444 g/mol. The molecule has 1 N–H and O–H groups in total. The number of nitrogens with one attached hydrogen (secondary N) is 1. The van der Waals surface area contributed by atoms with Gasteiger partial charge in [0.05, 0.1) is 11.1 Å². The third-order valence-corrected chi connectivity index (χ3v) is 8.19. The molecular formula is C21H25N5O4S. The number of nitrogens with zero attached hydrogens (tertiary/aromatic N) is 4. The van der Waals surface area contributed by atoms with E-state index in [9.17, 15) is 13.2 Å². The number of aromatic nitrogens is 4. The summed E-state index contributed by atoms with van der Waals surface area (Å²) >= 11 is 0. The van der Waals surface area contributed by atoms with Gasteiger partial charge < -0.3 is 9.72 Å². The Labute approximate surface area is 180 Å². The number of hydrogen-bond acceptors (Lipinski definition) is 6. The molecule has 2 aliphatic rings. The SMILES string of the molecule is CC1CN(S(=O)(=O)c2ccccc2)CC1c1nn2c(C3CCOCC3)ncc2c(=O)[nH]1. The molecule has 2 saturated heterocycles. The molecule has 0 radical (unpaired) electrons. The molecule has 2 unspecified atom stereocenters. The van der Waals surface area contributed by atoms with Gasteiger partial charge in [-0.3, -0.25) is 4.79 Å². The summed E-state index contributed by atoms with van der Waals surface area (Å²) in [5, 5.41) is 4.73. The van der Waals surface area contributed by atoms with Crippen LogP contribution in [-0.4, -0.2) is 58.6 Å². The molecule has 0 amide bonds. The fourth-order valence-corrected chi connectivity index (χ4v) is 6.14. The molecule has 10 heteroatoms. The van der Waals surface area contributed by atoms with E-state index in [4.69, 9.17) is 9.84 Å². The van der Waals surface area contributed by atoms with Crippen LogP contribution < -0.4 is 5.56 Å². The van der Waals surface area contributed by atoms with Crippen molar-refractivity contribution in [2.45, 2.75) is 36.5 Å². The van der Waals surface area contributed by atoms with E-state index in [1.165, 1.54) is 4.31 Å². The fraction of sp³-hybridized carbons (Fsp3) is 0.476. The topological polar surface area (TPSA) is 110 Å². The fourth-order valence-electron chi connectivity index (χ4n) is 4.55. The second-order valence-corrected chi connectivity index (χ2v) is 10.3. The van der Waals surface area contributed by atoms with Crippen LogP contribution in [0.25, 0.3) is 5.52 Å². The van der Waals surface area contributed by atoms with Crippen molar-refractivity contribution in [2.24, 2.45) is 5.92 Å². The van der Waals surface area contributed by atoms with Crippen LogP contribution in [0.15, 0.2) is 46.2 Å². The van der Waals surface area contributed by atoms with E-state index in [1.54, 1.807) is 41.0 Å². The van der Waals surface area contributed by atoms with Crippen molar-refractivity contribution in [2.75, 3.05) is 26.3 Å². The zero-order valence-electron chi connectivity index (χ0n) is 17.3. The van der Waals surface area contributed by atoms with Crippen molar-refractivity contribution in [3.05, 3.63) is 58.5 Å². The Hall–Kier alpha value is -2.56. The molecule has 0 bridgehead atoms. The molecule has 2 aromatic heterocycles. The molecule has 0 spiro atoms. The summed E-state index contributed by atoms with van der Waals surface area (Å²) < 4.78 is 34.7. The lowest BCUT2D eigenvalue weighted by molar-refractivity contribution is 0.0832. The first kappa shape index (κ1) is 20.3. The number of imidazole rings is 1. The lowest BCUT2D eigenvalue weighted by atomic mass is 9.97. The number of benzene rings is 1. The van der Waals surface area contributed by atoms with E-state index in [2.05, 4.69) is 9.97 Å². The average Bonchev–Trinajstić information content (AvgIpc) is 3.39. The van der Waals surface area contributed by atoms with Crippen LogP contribution in [-0.2, 0) is 14.8 Å². The zero-order chi connectivity index (χ0) is 21.6. The number of H-pyrrole nitrogens is 1. The maximum atomic E-state index is 13.1. The lowest BCUT2D eigenvalue weighted by Crippen LogP contribution is -2.29. The van der Waals surface area contributed by atoms with Gasteiger partial charge >= 0.3 is 0 Å². The predicted octanol–water partition coefficient (Wildman–Crippen LogP) is 1.74. The highest BCUT2D eigenvalue weighted by molar-refractivity contribution is 7.89. The van der Waals surface area contributed by atoms with Crippen LogP contribution >= 0.6 is 0 Å². The van der Waals surface area contributed by atoms with Crippen molar-refractivity contribution in [1.29, 1.82) is 0 Å². The third kappa shape index (κ3) is 3.58. The van der Waals surface area contributed by atoms with Crippen molar-refractivity contribution in [3.63, 3.8) is 0 Å². The summed E-state index contributed by atoms with van der Waals surface area (Å²) in [6.07, 6.45) is 3.24. The molecular weight excluding hydrogens is 418 g/mol. The summed E-state index contributed by atoms with van der Waals surface area (Å²) in [5.74, 6) is 1.26. The molecule has 2 fully saturated rings. The Bertz CT molecular complexity index is 1250. The van der Waals surface area contributed by atoms with Gasteiger partial charge in [-0.1, -0.05) is 25.1 Å². The summed E-state index contributed by atoms with van der Waals surface area (Å²) in [6.45, 7) is 3.97. The Morgan fingerprint density at radius 3 is 2.61 bits per heavy atom. The molecule has 0 saturated carbocycles. The minimum atomic E-state index is -3.60. The molecule has 1 aromatic carbocycles. The highest BCUT2D eigenvalue weighted by Gasteiger charge is 2.39. The molecule has 4 heterocycles. The van der Waals surface area contributed by atoms with Crippen LogP contribution in [0.3, 0.4) is 0 Å². The summed E-state index contributed by atoms with van der Waals surface area (Å²) in [7, 11) is -3.60. The first-order chi connectivity index (χ1) is 14.9. The molecule has 0 aliphatic carbocycles. The van der Waals surface area contributed by atoms with Crippen LogP contribution in [0, 0.1) is 5.92 Å². The van der Waals surface area contributed by atoms with Gasteiger partial charge in [0.15, 0.2) is 5.52 Å². The van der Waals surface area contributed by atoms with Crippen molar-refractivity contribution < 1.29 is 13.2 Å². The van der Waals surface area contributed by atoms with Gasteiger partial charge in [0.1, 0.15) is 11.6 Å². The van der Waals surface area contributed by atoms with Crippen LogP contribution in [0.4, 0.5) is 0 Å². The summed E-state index contributed by atoms with van der Waals surface area (Å²) in [5.41, 5.74) is 0.150. The standard InChI is InChI=1S/C21H25N5O4S/c1-14-12-25(31(28,29)16-5-3-2-4-6-16)13-17(14)19-23-21(27)18-11-22-20(26(18)24-19)15-7-9-30-10-8-15/h2-6,11,14-15,17H,7-10,12-13H2,1H3,(H,23,24,27). The molecule has 164 valence electrons. The monoisotopic (exact) mass is 443 g/mol. The second-order valence-electron chi connectivity index (χ2n) is 8.36. The number of hydrogen-bond donors (Lipinski definition) is 1. The number of rotatable bonds is 4. The Balaban J connectivity index is 1.48. The molecule has 2 aliphatic heterocycles. The maximum Gasteiger partial charge on any atom is 0.276 e. The Kier molecular flexibility index (Phi) is 5.15. The largest absolute Gasteiger partial charge is 0.381 e. The van der Waals surface area contributed by atoms with Gasteiger partial charge in [-0.2, -0.15) is 9.40 Å². The molecule has 3 aromatic rings. The Morgan fingerprint density at radius 2 is 1.87 bits per heavy atom. The van der Waals surface area contributed by atoms with E-state index in [1.807, 2.05) is 6.92 Å². The Morgan fingerprint density at radius 1 is 1.13 bits per heavy atom. The third-order valence-electron chi connectivity index (χ3n) is 6.34. The zero-order valence-corrected chi connectivity index (χ0v) is 18.1. The van der Waals surface area contributed by atoms with E-state index >= 15 is 0 Å². The molecule has 2 atom stereocenters. The van der Waals surface area contributed by atoms with Gasteiger partial charge in [0.25, 0.3) is 5.56 Å². The smallest absolute Gasteiger partial charge is 0.276 e. The van der Waals surface area contributed by atoms with Crippen LogP contribution in [0.1, 0.15) is 43.3 Å². The highest BCUT2D eigenvalue weighted by atomic mass is 32.2. The summed E-state index contributed by atoms with van der Waals surface area (Å²) in [4.78, 5) is 20.4. The second kappa shape index (κ2) is 7.85. The number of ether oxygens (including phenoxy) is 1.